The molecule has 118 valence electrons. The van der Waals surface area contributed by atoms with E-state index in [9.17, 15) is 9.90 Å². The number of benzene rings is 1. The zero-order valence-corrected chi connectivity index (χ0v) is 13.7. The second-order valence-corrected chi connectivity index (χ2v) is 7.06. The van der Waals surface area contributed by atoms with Crippen LogP contribution in [0.5, 0.6) is 0 Å². The van der Waals surface area contributed by atoms with Crippen LogP contribution in [0, 0.1) is 5.92 Å². The molecule has 0 amide bonds. The molecule has 0 saturated heterocycles. The number of aliphatic carboxylic acids is 1. The number of carboxylic acid groups (broad SMARTS) is 1. The van der Waals surface area contributed by atoms with E-state index >= 15 is 0 Å². The van der Waals surface area contributed by atoms with Crippen LogP contribution in [0.2, 0.25) is 0 Å². The Labute approximate surface area is 134 Å². The maximum absolute atomic E-state index is 11.2. The fourth-order valence-electron chi connectivity index (χ4n) is 2.91. The van der Waals surface area contributed by atoms with Gasteiger partial charge >= 0.3 is 5.97 Å². The van der Waals surface area contributed by atoms with Gasteiger partial charge in [0.1, 0.15) is 17.4 Å². The average molecular weight is 319 g/mol. The van der Waals surface area contributed by atoms with Crippen molar-refractivity contribution in [1.82, 2.24) is 4.72 Å². The van der Waals surface area contributed by atoms with Gasteiger partial charge in [0.25, 0.3) is 0 Å². The molecule has 1 aromatic carbocycles. The number of hydrogen-bond donors (Lipinski definition) is 2. The normalized spacial score (nSPS) is 16.0. The predicted molar refractivity (Wildman–Crippen MR) is 88.1 cm³/mol. The summed E-state index contributed by atoms with van der Waals surface area (Å²) in [6, 6.07) is 5.57. The van der Waals surface area contributed by atoms with Crippen LogP contribution in [0.3, 0.4) is 0 Å². The molecule has 0 fully saturated rings. The second-order valence-electron chi connectivity index (χ2n) is 6.15. The summed E-state index contributed by atoms with van der Waals surface area (Å²) in [5.74, 6) is 0.337. The number of carbonyl (C=O) groups is 1. The summed E-state index contributed by atoms with van der Waals surface area (Å²) >= 11 is 1.36. The molecule has 0 radical (unpaired) electrons. The molecular formula is C17H21NO3S. The van der Waals surface area contributed by atoms with Crippen molar-refractivity contribution >= 4 is 28.9 Å². The minimum atomic E-state index is -0.822. The first-order valence-corrected chi connectivity index (χ1v) is 8.57. The number of carboxylic acids is 1. The highest BCUT2D eigenvalue weighted by Crippen LogP contribution is 2.33. The van der Waals surface area contributed by atoms with Crippen molar-refractivity contribution in [2.75, 3.05) is 0 Å². The molecule has 1 aromatic heterocycles. The van der Waals surface area contributed by atoms with Gasteiger partial charge in [-0.1, -0.05) is 13.8 Å². The topological polar surface area (TPSA) is 62.5 Å². The number of nitrogens with one attached hydrogen (secondary N) is 1. The van der Waals surface area contributed by atoms with Crippen LogP contribution in [-0.4, -0.2) is 17.1 Å². The first-order valence-electron chi connectivity index (χ1n) is 7.75. The van der Waals surface area contributed by atoms with Crippen molar-refractivity contribution in [3.05, 3.63) is 29.5 Å². The van der Waals surface area contributed by atoms with Crippen molar-refractivity contribution in [2.24, 2.45) is 5.92 Å². The standard InChI is InChI=1S/C17H21NO3S/c1-10(2)16(17(19)20)18-22-11-7-8-13-12-5-3-4-6-14(12)21-15(13)9-11/h7-10,16,18H,3-6H2,1-2H3,(H,19,20)/t16-/m1/s1. The molecule has 0 unspecified atom stereocenters. The third-order valence-electron chi connectivity index (χ3n) is 4.17. The SMILES string of the molecule is CC(C)[C@@H](NSc1ccc2c3c(oc2c1)CCCC3)C(=O)O. The Balaban J connectivity index is 1.79. The van der Waals surface area contributed by atoms with E-state index in [1.54, 1.807) is 0 Å². The highest BCUT2D eigenvalue weighted by molar-refractivity contribution is 7.97. The minimum absolute atomic E-state index is 0.0321. The van der Waals surface area contributed by atoms with Gasteiger partial charge in [-0.15, -0.1) is 0 Å². The molecule has 4 nitrogen and oxygen atoms in total. The molecule has 3 rings (SSSR count). The van der Waals surface area contributed by atoms with Crippen molar-refractivity contribution in [1.29, 1.82) is 0 Å². The smallest absolute Gasteiger partial charge is 0.321 e. The molecule has 2 aromatic rings. The molecule has 1 aliphatic carbocycles. The molecule has 0 spiro atoms. The summed E-state index contributed by atoms with van der Waals surface area (Å²) in [6.07, 6.45) is 4.56. The Morgan fingerprint density at radius 1 is 1.32 bits per heavy atom. The van der Waals surface area contributed by atoms with Crippen LogP contribution >= 0.6 is 11.9 Å². The van der Waals surface area contributed by atoms with Gasteiger partial charge in [0.05, 0.1) is 0 Å². The molecule has 0 aliphatic heterocycles. The van der Waals surface area contributed by atoms with Crippen LogP contribution in [0.25, 0.3) is 11.0 Å². The van der Waals surface area contributed by atoms with Gasteiger partial charge in [0.15, 0.2) is 0 Å². The Hall–Kier alpha value is -1.46. The van der Waals surface area contributed by atoms with Crippen LogP contribution in [0.1, 0.15) is 38.0 Å². The van der Waals surface area contributed by atoms with E-state index in [0.29, 0.717) is 0 Å². The third-order valence-corrected chi connectivity index (χ3v) is 5.03. The summed E-state index contributed by atoms with van der Waals surface area (Å²) in [4.78, 5) is 12.2. The lowest BCUT2D eigenvalue weighted by atomic mass is 9.96. The Kier molecular flexibility index (Phi) is 4.45. The summed E-state index contributed by atoms with van der Waals surface area (Å²) in [5.41, 5.74) is 2.27. The number of furan rings is 1. The molecule has 1 atom stereocenters. The van der Waals surface area contributed by atoms with Gasteiger partial charge in [-0.3, -0.25) is 4.79 Å². The summed E-state index contributed by atoms with van der Waals surface area (Å²) in [7, 11) is 0. The summed E-state index contributed by atoms with van der Waals surface area (Å²) in [5, 5.41) is 10.4. The van der Waals surface area contributed by atoms with Crippen LogP contribution < -0.4 is 4.72 Å². The Morgan fingerprint density at radius 2 is 2.09 bits per heavy atom. The van der Waals surface area contributed by atoms with Crippen molar-refractivity contribution < 1.29 is 14.3 Å². The van der Waals surface area contributed by atoms with Crippen molar-refractivity contribution in [3.8, 4) is 0 Å². The molecule has 5 heteroatoms. The quantitative estimate of drug-likeness (QED) is 0.815. The summed E-state index contributed by atoms with van der Waals surface area (Å²) < 4.78 is 9.01. The van der Waals surface area contributed by atoms with E-state index < -0.39 is 12.0 Å². The molecule has 1 heterocycles. The highest BCUT2D eigenvalue weighted by atomic mass is 32.2. The van der Waals surface area contributed by atoms with Gasteiger partial charge in [0, 0.05) is 22.3 Å². The fraction of sp³-hybridized carbons (Fsp3) is 0.471. The maximum Gasteiger partial charge on any atom is 0.321 e. The van der Waals surface area contributed by atoms with Crippen molar-refractivity contribution in [2.45, 2.75) is 50.5 Å². The largest absolute Gasteiger partial charge is 0.480 e. The van der Waals surface area contributed by atoms with Crippen LogP contribution in [-0.2, 0) is 17.6 Å². The Morgan fingerprint density at radius 3 is 2.82 bits per heavy atom. The number of aryl methyl sites for hydroxylation is 2. The molecule has 0 saturated carbocycles. The highest BCUT2D eigenvalue weighted by Gasteiger charge is 2.22. The second kappa shape index (κ2) is 6.34. The average Bonchev–Trinajstić information content (AvgIpc) is 2.84. The van der Waals surface area contributed by atoms with Gasteiger partial charge < -0.3 is 9.52 Å². The molecule has 0 bridgehead atoms. The zero-order chi connectivity index (χ0) is 15.7. The summed E-state index contributed by atoms with van der Waals surface area (Å²) in [6.45, 7) is 3.80. The van der Waals surface area contributed by atoms with Gasteiger partial charge in [-0.25, -0.2) is 4.72 Å². The lowest BCUT2D eigenvalue weighted by Gasteiger charge is -2.16. The van der Waals surface area contributed by atoms with Crippen molar-refractivity contribution in [3.63, 3.8) is 0 Å². The third kappa shape index (κ3) is 3.01. The maximum atomic E-state index is 11.2. The lowest BCUT2D eigenvalue weighted by molar-refractivity contribution is -0.139. The predicted octanol–water partition coefficient (Wildman–Crippen LogP) is 4.02. The van der Waals surface area contributed by atoms with Crippen LogP contribution in [0.4, 0.5) is 0 Å². The number of fused-ring (bicyclic) bond motifs is 3. The number of hydrogen-bond acceptors (Lipinski definition) is 4. The lowest BCUT2D eigenvalue weighted by Crippen LogP contribution is -2.36. The van der Waals surface area contributed by atoms with E-state index in [1.165, 1.54) is 35.7 Å². The molecule has 22 heavy (non-hydrogen) atoms. The first kappa shape index (κ1) is 15.4. The van der Waals surface area contributed by atoms with Gasteiger partial charge in [0.2, 0.25) is 0 Å². The van der Waals surface area contributed by atoms with E-state index in [2.05, 4.69) is 10.8 Å². The van der Waals surface area contributed by atoms with E-state index in [1.807, 2.05) is 26.0 Å². The zero-order valence-electron chi connectivity index (χ0n) is 12.9. The van der Waals surface area contributed by atoms with E-state index in [4.69, 9.17) is 4.42 Å². The van der Waals surface area contributed by atoms with Gasteiger partial charge in [-0.05, 0) is 55.3 Å². The number of rotatable bonds is 5. The first-order chi connectivity index (χ1) is 10.6. The fourth-order valence-corrected chi connectivity index (χ4v) is 3.85. The van der Waals surface area contributed by atoms with Gasteiger partial charge in [-0.2, -0.15) is 0 Å². The monoisotopic (exact) mass is 319 g/mol. The van der Waals surface area contributed by atoms with Crippen LogP contribution in [0.15, 0.2) is 27.5 Å². The molecule has 2 N–H and O–H groups in total. The van der Waals surface area contributed by atoms with E-state index in [0.717, 1.165) is 29.1 Å². The van der Waals surface area contributed by atoms with E-state index in [-0.39, 0.29) is 5.92 Å². The molecular weight excluding hydrogens is 298 g/mol. The molecule has 1 aliphatic rings. The Bertz CT molecular complexity index is 693. The minimum Gasteiger partial charge on any atom is -0.480 e.